The van der Waals surface area contributed by atoms with Gasteiger partial charge in [-0.05, 0) is 43.2 Å². The van der Waals surface area contributed by atoms with Crippen molar-refractivity contribution in [3.05, 3.63) is 87.1 Å². The van der Waals surface area contributed by atoms with Gasteiger partial charge in [0.2, 0.25) is 0 Å². The van der Waals surface area contributed by atoms with Crippen molar-refractivity contribution in [2.75, 3.05) is 0 Å². The number of nitrogens with zero attached hydrogens (tertiary/aromatic N) is 4. The van der Waals surface area contributed by atoms with Gasteiger partial charge in [-0.1, -0.05) is 48.4 Å². The van der Waals surface area contributed by atoms with Gasteiger partial charge in [0.1, 0.15) is 11.2 Å². The molecule has 4 aromatic rings. The van der Waals surface area contributed by atoms with Crippen molar-refractivity contribution in [3.8, 4) is 5.69 Å². The summed E-state index contributed by atoms with van der Waals surface area (Å²) in [6.45, 7) is 4.62. The van der Waals surface area contributed by atoms with Crippen LogP contribution in [0.5, 0.6) is 0 Å². The average molecular weight is 393 g/mol. The number of hydrogen-bond acceptors (Lipinski definition) is 3. The van der Waals surface area contributed by atoms with Crippen LogP contribution >= 0.6 is 11.6 Å². The third-order valence-corrected chi connectivity index (χ3v) is 5.15. The van der Waals surface area contributed by atoms with Crippen LogP contribution in [0, 0.1) is 6.92 Å². The Balaban J connectivity index is 1.74. The Morgan fingerprint density at radius 2 is 1.75 bits per heavy atom. The number of aromatic nitrogens is 4. The maximum atomic E-state index is 13.1. The van der Waals surface area contributed by atoms with E-state index in [9.17, 15) is 4.79 Å². The van der Waals surface area contributed by atoms with Crippen molar-refractivity contribution in [2.45, 2.75) is 33.2 Å². The molecule has 0 unspecified atom stereocenters. The SMILES string of the molecule is CCc1nc2c(cnn2-c2ccc(C)cc2)c(=O)n1CCc1ccc(Cl)cc1. The molecular formula is C22H21ClN4O. The van der Waals surface area contributed by atoms with Crippen LogP contribution in [0.4, 0.5) is 0 Å². The average Bonchev–Trinajstić information content (AvgIpc) is 3.13. The molecule has 0 aliphatic rings. The number of hydrogen-bond donors (Lipinski definition) is 0. The molecule has 2 heterocycles. The molecule has 2 aromatic heterocycles. The number of halogens is 1. The predicted octanol–water partition coefficient (Wildman–Crippen LogP) is 4.35. The number of fused-ring (bicyclic) bond motifs is 1. The predicted molar refractivity (Wildman–Crippen MR) is 112 cm³/mol. The Morgan fingerprint density at radius 1 is 1.04 bits per heavy atom. The molecule has 0 fully saturated rings. The van der Waals surface area contributed by atoms with E-state index >= 15 is 0 Å². The van der Waals surface area contributed by atoms with Crippen LogP contribution in [0.25, 0.3) is 16.7 Å². The van der Waals surface area contributed by atoms with Crippen LogP contribution < -0.4 is 5.56 Å². The second-order valence-electron chi connectivity index (χ2n) is 6.84. The summed E-state index contributed by atoms with van der Waals surface area (Å²) in [6, 6.07) is 15.7. The van der Waals surface area contributed by atoms with E-state index in [0.29, 0.717) is 29.0 Å². The molecule has 0 aliphatic heterocycles. The van der Waals surface area contributed by atoms with Gasteiger partial charge in [-0.3, -0.25) is 9.36 Å². The molecule has 6 heteroatoms. The highest BCUT2D eigenvalue weighted by molar-refractivity contribution is 6.30. The quantitative estimate of drug-likeness (QED) is 0.507. The molecule has 2 aromatic carbocycles. The first-order valence-corrected chi connectivity index (χ1v) is 9.73. The molecule has 0 aliphatic carbocycles. The summed E-state index contributed by atoms with van der Waals surface area (Å²) in [5, 5.41) is 5.67. The van der Waals surface area contributed by atoms with E-state index in [2.05, 4.69) is 5.10 Å². The van der Waals surface area contributed by atoms with E-state index in [-0.39, 0.29) is 5.56 Å². The minimum Gasteiger partial charge on any atom is -0.296 e. The summed E-state index contributed by atoms with van der Waals surface area (Å²) in [4.78, 5) is 17.9. The van der Waals surface area contributed by atoms with Crippen molar-refractivity contribution in [1.82, 2.24) is 19.3 Å². The molecule has 0 bridgehead atoms. The van der Waals surface area contributed by atoms with Gasteiger partial charge in [-0.25, -0.2) is 9.67 Å². The first kappa shape index (κ1) is 18.4. The van der Waals surface area contributed by atoms with Crippen molar-refractivity contribution >= 4 is 22.6 Å². The largest absolute Gasteiger partial charge is 0.296 e. The lowest BCUT2D eigenvalue weighted by Crippen LogP contribution is -2.26. The van der Waals surface area contributed by atoms with Crippen LogP contribution in [-0.4, -0.2) is 19.3 Å². The van der Waals surface area contributed by atoms with Gasteiger partial charge in [0, 0.05) is 18.0 Å². The van der Waals surface area contributed by atoms with Crippen LogP contribution in [0.1, 0.15) is 23.9 Å². The third kappa shape index (κ3) is 3.45. The topological polar surface area (TPSA) is 52.7 Å². The molecule has 0 spiro atoms. The van der Waals surface area contributed by atoms with Gasteiger partial charge >= 0.3 is 0 Å². The molecular weight excluding hydrogens is 372 g/mol. The monoisotopic (exact) mass is 392 g/mol. The maximum absolute atomic E-state index is 13.1. The van der Waals surface area contributed by atoms with Gasteiger partial charge in [0.25, 0.3) is 5.56 Å². The minimum absolute atomic E-state index is 0.0471. The fraction of sp³-hybridized carbons (Fsp3) is 0.227. The van der Waals surface area contributed by atoms with Gasteiger partial charge in [0.15, 0.2) is 5.65 Å². The summed E-state index contributed by atoms with van der Waals surface area (Å²) in [6.07, 6.45) is 3.02. The van der Waals surface area contributed by atoms with E-state index in [1.807, 2.05) is 62.4 Å². The third-order valence-electron chi connectivity index (χ3n) is 4.90. The highest BCUT2D eigenvalue weighted by Gasteiger charge is 2.15. The zero-order valence-corrected chi connectivity index (χ0v) is 16.6. The lowest BCUT2D eigenvalue weighted by atomic mass is 10.1. The second kappa shape index (κ2) is 7.60. The highest BCUT2D eigenvalue weighted by atomic mass is 35.5. The van der Waals surface area contributed by atoms with E-state index in [1.165, 1.54) is 5.56 Å². The van der Waals surface area contributed by atoms with Crippen molar-refractivity contribution in [1.29, 1.82) is 0 Å². The van der Waals surface area contributed by atoms with E-state index in [0.717, 1.165) is 23.5 Å². The Morgan fingerprint density at radius 3 is 2.43 bits per heavy atom. The van der Waals surface area contributed by atoms with E-state index in [4.69, 9.17) is 16.6 Å². The first-order valence-electron chi connectivity index (χ1n) is 9.35. The molecule has 28 heavy (non-hydrogen) atoms. The summed E-state index contributed by atoms with van der Waals surface area (Å²) in [5.41, 5.74) is 3.76. The molecule has 0 atom stereocenters. The molecule has 4 rings (SSSR count). The summed E-state index contributed by atoms with van der Waals surface area (Å²) >= 11 is 5.95. The Kier molecular flexibility index (Phi) is 5.01. The van der Waals surface area contributed by atoms with Crippen LogP contribution in [0.2, 0.25) is 5.02 Å². The highest BCUT2D eigenvalue weighted by Crippen LogP contribution is 2.16. The lowest BCUT2D eigenvalue weighted by molar-refractivity contribution is 0.620. The van der Waals surface area contributed by atoms with Crippen molar-refractivity contribution < 1.29 is 0 Å². The lowest BCUT2D eigenvalue weighted by Gasteiger charge is -2.12. The van der Waals surface area contributed by atoms with Gasteiger partial charge < -0.3 is 0 Å². The Hall–Kier alpha value is -2.92. The molecule has 0 saturated heterocycles. The Labute approximate surface area is 168 Å². The van der Waals surface area contributed by atoms with Crippen molar-refractivity contribution in [3.63, 3.8) is 0 Å². The first-order chi connectivity index (χ1) is 13.6. The zero-order valence-electron chi connectivity index (χ0n) is 15.9. The fourth-order valence-corrected chi connectivity index (χ4v) is 3.44. The van der Waals surface area contributed by atoms with Crippen LogP contribution in [-0.2, 0) is 19.4 Å². The van der Waals surface area contributed by atoms with Gasteiger partial charge in [0.05, 0.1) is 11.9 Å². The van der Waals surface area contributed by atoms with Crippen molar-refractivity contribution in [2.24, 2.45) is 0 Å². The summed E-state index contributed by atoms with van der Waals surface area (Å²) in [5.74, 6) is 0.764. The van der Waals surface area contributed by atoms with Crippen LogP contribution in [0.3, 0.4) is 0 Å². The molecule has 0 amide bonds. The van der Waals surface area contributed by atoms with Gasteiger partial charge in [-0.2, -0.15) is 5.10 Å². The normalized spacial score (nSPS) is 11.2. The van der Waals surface area contributed by atoms with Gasteiger partial charge in [-0.15, -0.1) is 0 Å². The van der Waals surface area contributed by atoms with Crippen LogP contribution in [0.15, 0.2) is 59.5 Å². The smallest absolute Gasteiger partial charge is 0.264 e. The van der Waals surface area contributed by atoms with E-state index < -0.39 is 0 Å². The maximum Gasteiger partial charge on any atom is 0.264 e. The zero-order chi connectivity index (χ0) is 19.7. The van der Waals surface area contributed by atoms with E-state index in [1.54, 1.807) is 15.4 Å². The molecule has 5 nitrogen and oxygen atoms in total. The number of aryl methyl sites for hydroxylation is 3. The summed E-state index contributed by atoms with van der Waals surface area (Å²) in [7, 11) is 0. The minimum atomic E-state index is -0.0471. The molecule has 0 radical (unpaired) electrons. The fourth-order valence-electron chi connectivity index (χ4n) is 3.31. The molecule has 0 saturated carbocycles. The molecule has 0 N–H and O–H groups in total. The Bertz CT molecular complexity index is 1170. The summed E-state index contributed by atoms with van der Waals surface area (Å²) < 4.78 is 3.50. The molecule has 142 valence electrons. The standard InChI is InChI=1S/C22H21ClN4O/c1-3-20-25-21-19(14-24-27(21)18-10-4-15(2)5-11-18)22(28)26(20)13-12-16-6-8-17(23)9-7-16/h4-11,14H,3,12-13H2,1-2H3. The number of rotatable bonds is 5. The second-order valence-corrected chi connectivity index (χ2v) is 7.28. The number of benzene rings is 2.